The first kappa shape index (κ1) is 16.6. The number of halogens is 3. The van der Waals surface area contributed by atoms with Crippen molar-refractivity contribution in [2.24, 2.45) is 0 Å². The predicted molar refractivity (Wildman–Crippen MR) is 70.0 cm³/mol. The van der Waals surface area contributed by atoms with Crippen LogP contribution in [0.2, 0.25) is 0 Å². The van der Waals surface area contributed by atoms with Crippen LogP contribution in [0.15, 0.2) is 30.3 Å². The van der Waals surface area contributed by atoms with Crippen molar-refractivity contribution >= 4 is 12.0 Å². The van der Waals surface area contributed by atoms with Gasteiger partial charge in [0.05, 0.1) is 12.5 Å². The Hall–Kier alpha value is -2.49. The Balaban J connectivity index is 2.81. The second-order valence-electron chi connectivity index (χ2n) is 4.09. The van der Waals surface area contributed by atoms with Gasteiger partial charge >= 0.3 is 6.36 Å². The summed E-state index contributed by atoms with van der Waals surface area (Å²) in [6.45, 7) is 0.250. The maximum Gasteiger partial charge on any atom is 0.573 e. The number of carbonyl (C=O) groups is 1. The summed E-state index contributed by atoms with van der Waals surface area (Å²) < 4.78 is 40.6. The zero-order valence-electron chi connectivity index (χ0n) is 11.2. The molecule has 0 heterocycles. The quantitative estimate of drug-likeness (QED) is 0.785. The number of hydrogen-bond donors (Lipinski definition) is 0. The molecule has 0 saturated carbocycles. The van der Waals surface area contributed by atoms with E-state index in [1.807, 2.05) is 6.07 Å². The maximum absolute atomic E-state index is 12.2. The van der Waals surface area contributed by atoms with Gasteiger partial charge in [0.2, 0.25) is 5.91 Å². The lowest BCUT2D eigenvalue weighted by Crippen LogP contribution is -2.25. The second kappa shape index (κ2) is 7.33. The van der Waals surface area contributed by atoms with Gasteiger partial charge in [-0.25, -0.2) is 0 Å². The van der Waals surface area contributed by atoms with Crippen LogP contribution in [0, 0.1) is 11.3 Å². The van der Waals surface area contributed by atoms with Crippen LogP contribution in [0.1, 0.15) is 12.0 Å². The van der Waals surface area contributed by atoms with Gasteiger partial charge in [0.25, 0.3) is 0 Å². The zero-order chi connectivity index (χ0) is 15.9. The van der Waals surface area contributed by atoms with Crippen molar-refractivity contribution in [3.05, 3.63) is 35.9 Å². The molecular weight excluding hydrogens is 285 g/mol. The number of likely N-dealkylation sites (N-methyl/N-ethyl adjacent to an activating group) is 1. The summed E-state index contributed by atoms with van der Waals surface area (Å²) in [6.07, 6.45) is -2.23. The van der Waals surface area contributed by atoms with Crippen molar-refractivity contribution in [2.75, 3.05) is 13.6 Å². The fourth-order valence-corrected chi connectivity index (χ4v) is 1.45. The number of nitrogens with zero attached hydrogens (tertiary/aromatic N) is 2. The van der Waals surface area contributed by atoms with Crippen LogP contribution in [-0.2, 0) is 4.79 Å². The third-order valence-electron chi connectivity index (χ3n) is 2.49. The summed E-state index contributed by atoms with van der Waals surface area (Å²) in [7, 11) is 1.50. The van der Waals surface area contributed by atoms with Gasteiger partial charge in [-0.05, 0) is 12.1 Å². The number of ether oxygens (including phenoxy) is 1. The van der Waals surface area contributed by atoms with Crippen LogP contribution in [0.4, 0.5) is 13.2 Å². The average Bonchev–Trinajstić information content (AvgIpc) is 2.41. The van der Waals surface area contributed by atoms with Crippen molar-refractivity contribution in [1.29, 1.82) is 5.26 Å². The molecule has 112 valence electrons. The van der Waals surface area contributed by atoms with E-state index in [0.717, 1.165) is 12.1 Å². The van der Waals surface area contributed by atoms with Crippen molar-refractivity contribution < 1.29 is 22.7 Å². The van der Waals surface area contributed by atoms with Gasteiger partial charge in [0.15, 0.2) is 0 Å². The third kappa shape index (κ3) is 5.99. The molecule has 7 heteroatoms. The molecular formula is C14H13F3N2O2. The summed E-state index contributed by atoms with van der Waals surface area (Å²) in [5.41, 5.74) is 0.136. The lowest BCUT2D eigenvalue weighted by molar-refractivity contribution is -0.274. The molecule has 0 aliphatic carbocycles. The van der Waals surface area contributed by atoms with Crippen LogP contribution in [0.3, 0.4) is 0 Å². The Kier molecular flexibility index (Phi) is 5.79. The summed E-state index contributed by atoms with van der Waals surface area (Å²) in [5.74, 6) is -0.791. The number of benzene rings is 1. The molecule has 0 unspecified atom stereocenters. The van der Waals surface area contributed by atoms with Crippen molar-refractivity contribution in [1.82, 2.24) is 4.90 Å². The summed E-state index contributed by atoms with van der Waals surface area (Å²) in [5, 5.41) is 8.42. The summed E-state index contributed by atoms with van der Waals surface area (Å²) in [4.78, 5) is 13.0. The van der Waals surface area contributed by atoms with Gasteiger partial charge in [-0.2, -0.15) is 5.26 Å². The number of para-hydroxylation sites is 1. The van der Waals surface area contributed by atoms with E-state index in [2.05, 4.69) is 4.74 Å². The van der Waals surface area contributed by atoms with Gasteiger partial charge in [-0.15, -0.1) is 13.2 Å². The lowest BCUT2D eigenvalue weighted by atomic mass is 10.2. The lowest BCUT2D eigenvalue weighted by Gasteiger charge is -2.13. The molecule has 0 atom stereocenters. The third-order valence-corrected chi connectivity index (χ3v) is 2.49. The highest BCUT2D eigenvalue weighted by molar-refractivity contribution is 5.92. The van der Waals surface area contributed by atoms with E-state index in [4.69, 9.17) is 5.26 Å². The van der Waals surface area contributed by atoms with Crippen molar-refractivity contribution in [2.45, 2.75) is 12.8 Å². The normalized spacial score (nSPS) is 11.2. The molecule has 0 saturated heterocycles. The van der Waals surface area contributed by atoms with Crippen LogP contribution in [-0.4, -0.2) is 30.8 Å². The molecule has 0 fully saturated rings. The van der Waals surface area contributed by atoms with E-state index in [-0.39, 0.29) is 24.3 Å². The van der Waals surface area contributed by atoms with Gasteiger partial charge in [0.1, 0.15) is 5.75 Å². The molecule has 1 aromatic rings. The van der Waals surface area contributed by atoms with Crippen LogP contribution >= 0.6 is 0 Å². The Morgan fingerprint density at radius 1 is 1.43 bits per heavy atom. The zero-order valence-corrected chi connectivity index (χ0v) is 11.2. The first-order valence-electron chi connectivity index (χ1n) is 5.98. The van der Waals surface area contributed by atoms with Crippen molar-refractivity contribution in [3.63, 3.8) is 0 Å². The maximum atomic E-state index is 12.2. The minimum atomic E-state index is -4.79. The van der Waals surface area contributed by atoms with E-state index in [9.17, 15) is 18.0 Å². The molecule has 1 aromatic carbocycles. The molecule has 0 radical (unpaired) electrons. The van der Waals surface area contributed by atoms with Gasteiger partial charge in [-0.1, -0.05) is 18.2 Å². The monoisotopic (exact) mass is 298 g/mol. The number of nitriles is 1. The number of amides is 1. The Bertz CT molecular complexity index is 562. The topological polar surface area (TPSA) is 53.3 Å². The number of alkyl halides is 3. The molecule has 0 bridgehead atoms. The Morgan fingerprint density at radius 3 is 2.71 bits per heavy atom. The molecule has 0 aliphatic heterocycles. The second-order valence-corrected chi connectivity index (χ2v) is 4.09. The summed E-state index contributed by atoms with van der Waals surface area (Å²) >= 11 is 0. The fraction of sp³-hybridized carbons (Fsp3) is 0.286. The highest BCUT2D eigenvalue weighted by Crippen LogP contribution is 2.26. The average molecular weight is 298 g/mol. The van der Waals surface area contributed by atoms with Gasteiger partial charge < -0.3 is 9.64 Å². The highest BCUT2D eigenvalue weighted by atomic mass is 19.4. The first-order chi connectivity index (χ1) is 9.83. The number of carbonyl (C=O) groups excluding carboxylic acids is 1. The number of rotatable bonds is 5. The van der Waals surface area contributed by atoms with E-state index in [1.165, 1.54) is 36.2 Å². The smallest absolute Gasteiger partial charge is 0.405 e. The van der Waals surface area contributed by atoms with E-state index in [0.29, 0.717) is 0 Å². The van der Waals surface area contributed by atoms with Gasteiger partial charge in [-0.3, -0.25) is 4.79 Å². The minimum absolute atomic E-state index is 0.136. The molecule has 1 amide bonds. The Morgan fingerprint density at radius 2 is 2.10 bits per heavy atom. The number of hydrogen-bond acceptors (Lipinski definition) is 3. The van der Waals surface area contributed by atoms with Crippen LogP contribution in [0.5, 0.6) is 5.75 Å². The fourth-order valence-electron chi connectivity index (χ4n) is 1.45. The van der Waals surface area contributed by atoms with E-state index >= 15 is 0 Å². The molecule has 1 rings (SSSR count). The van der Waals surface area contributed by atoms with Crippen LogP contribution in [0.25, 0.3) is 6.08 Å². The molecule has 4 nitrogen and oxygen atoms in total. The SMILES string of the molecule is CN(CCC#N)C(=O)C=Cc1ccccc1OC(F)(F)F. The first-order valence-corrected chi connectivity index (χ1v) is 5.98. The van der Waals surface area contributed by atoms with Crippen LogP contribution < -0.4 is 4.74 Å². The molecule has 0 spiro atoms. The molecule has 0 N–H and O–H groups in total. The van der Waals surface area contributed by atoms with E-state index < -0.39 is 12.3 Å². The standard InChI is InChI=1S/C14H13F3N2O2/c1-19(10-4-9-18)13(20)8-7-11-5-2-3-6-12(11)21-14(15,16)17/h2-3,5-8H,4,10H2,1H3. The minimum Gasteiger partial charge on any atom is -0.405 e. The van der Waals surface area contributed by atoms with Crippen molar-refractivity contribution in [3.8, 4) is 11.8 Å². The molecule has 21 heavy (non-hydrogen) atoms. The molecule has 0 aliphatic rings. The van der Waals surface area contributed by atoms with E-state index in [1.54, 1.807) is 0 Å². The Labute approximate surface area is 120 Å². The predicted octanol–water partition coefficient (Wildman–Crippen LogP) is 2.97. The molecule has 0 aromatic heterocycles. The largest absolute Gasteiger partial charge is 0.573 e. The summed E-state index contributed by atoms with van der Waals surface area (Å²) in [6, 6.07) is 7.40. The van der Waals surface area contributed by atoms with Gasteiger partial charge in [0, 0.05) is 25.2 Å². The highest BCUT2D eigenvalue weighted by Gasteiger charge is 2.31.